The molecule has 1 aromatic heterocycles. The van der Waals surface area contributed by atoms with Crippen molar-refractivity contribution in [1.82, 2.24) is 5.32 Å². The van der Waals surface area contributed by atoms with E-state index < -0.39 is 0 Å². The van der Waals surface area contributed by atoms with Crippen molar-refractivity contribution >= 4 is 15.9 Å². The van der Waals surface area contributed by atoms with E-state index in [0.717, 1.165) is 34.5 Å². The first-order chi connectivity index (χ1) is 10.1. The summed E-state index contributed by atoms with van der Waals surface area (Å²) in [7, 11) is 0. The normalized spacial score (nSPS) is 10.9. The fraction of sp³-hybridized carbons (Fsp3) is 0.375. The molecular formula is C16H19BrFNO2. The predicted octanol–water partition coefficient (Wildman–Crippen LogP) is 4.57. The molecule has 1 N–H and O–H groups in total. The lowest BCUT2D eigenvalue weighted by Gasteiger charge is -2.07. The van der Waals surface area contributed by atoms with E-state index >= 15 is 0 Å². The Bertz CT molecular complexity index is 598. The van der Waals surface area contributed by atoms with Crippen molar-refractivity contribution in [2.45, 2.75) is 33.4 Å². The number of hydrogen-bond donors (Lipinski definition) is 1. The maximum atomic E-state index is 13.2. The summed E-state index contributed by atoms with van der Waals surface area (Å²) in [6.07, 6.45) is 1.09. The maximum Gasteiger partial charge on any atom is 0.136 e. The van der Waals surface area contributed by atoms with E-state index in [0.29, 0.717) is 18.9 Å². The number of furan rings is 1. The number of rotatable bonds is 7. The Morgan fingerprint density at radius 1 is 1.33 bits per heavy atom. The summed E-state index contributed by atoms with van der Waals surface area (Å²) in [6, 6.07) is 6.36. The molecule has 5 heteroatoms. The molecule has 0 atom stereocenters. The van der Waals surface area contributed by atoms with Gasteiger partial charge in [0.1, 0.15) is 29.7 Å². The van der Waals surface area contributed by atoms with Crippen LogP contribution in [0, 0.1) is 12.7 Å². The standard InChI is InChI=1S/C16H19BrFNO2/c1-3-6-19-9-14-7-12(11(2)21-14)10-20-16-8-13(18)4-5-15(16)17/h4-5,7-8,19H,3,6,9-10H2,1-2H3. The molecule has 2 aromatic rings. The summed E-state index contributed by atoms with van der Waals surface area (Å²) < 4.78 is 25.3. The molecule has 0 fully saturated rings. The molecule has 21 heavy (non-hydrogen) atoms. The second-order valence-electron chi connectivity index (χ2n) is 4.83. The predicted molar refractivity (Wildman–Crippen MR) is 83.9 cm³/mol. The Labute approximate surface area is 132 Å². The number of ether oxygens (including phenoxy) is 1. The van der Waals surface area contributed by atoms with Gasteiger partial charge in [-0.05, 0) is 54.0 Å². The van der Waals surface area contributed by atoms with Gasteiger partial charge in [0, 0.05) is 11.6 Å². The summed E-state index contributed by atoms with van der Waals surface area (Å²) in [5.41, 5.74) is 0.972. The fourth-order valence-electron chi connectivity index (χ4n) is 1.95. The largest absolute Gasteiger partial charge is 0.487 e. The minimum absolute atomic E-state index is 0.318. The maximum absolute atomic E-state index is 13.2. The molecule has 0 aliphatic rings. The quantitative estimate of drug-likeness (QED) is 0.738. The first-order valence-corrected chi connectivity index (χ1v) is 7.76. The van der Waals surface area contributed by atoms with Crippen molar-refractivity contribution in [2.75, 3.05) is 6.54 Å². The van der Waals surface area contributed by atoms with Crippen molar-refractivity contribution in [3.63, 3.8) is 0 Å². The van der Waals surface area contributed by atoms with Crippen molar-refractivity contribution in [3.8, 4) is 5.75 Å². The topological polar surface area (TPSA) is 34.4 Å². The number of benzene rings is 1. The third-order valence-electron chi connectivity index (χ3n) is 3.07. The highest BCUT2D eigenvalue weighted by Crippen LogP contribution is 2.27. The average molecular weight is 356 g/mol. The van der Waals surface area contributed by atoms with E-state index in [9.17, 15) is 4.39 Å². The van der Waals surface area contributed by atoms with E-state index in [1.807, 2.05) is 13.0 Å². The highest BCUT2D eigenvalue weighted by atomic mass is 79.9. The van der Waals surface area contributed by atoms with Gasteiger partial charge in [0.2, 0.25) is 0 Å². The van der Waals surface area contributed by atoms with Gasteiger partial charge >= 0.3 is 0 Å². The van der Waals surface area contributed by atoms with Crippen LogP contribution in [0.1, 0.15) is 30.4 Å². The zero-order valence-corrected chi connectivity index (χ0v) is 13.8. The van der Waals surface area contributed by atoms with Gasteiger partial charge in [-0.15, -0.1) is 0 Å². The molecule has 0 aliphatic carbocycles. The van der Waals surface area contributed by atoms with E-state index in [4.69, 9.17) is 9.15 Å². The Morgan fingerprint density at radius 3 is 2.90 bits per heavy atom. The molecule has 0 aliphatic heterocycles. The smallest absolute Gasteiger partial charge is 0.136 e. The molecule has 0 radical (unpaired) electrons. The van der Waals surface area contributed by atoms with Gasteiger partial charge in [-0.25, -0.2) is 4.39 Å². The molecule has 1 heterocycles. The number of hydrogen-bond acceptors (Lipinski definition) is 3. The first-order valence-electron chi connectivity index (χ1n) is 6.97. The summed E-state index contributed by atoms with van der Waals surface area (Å²) in [6.45, 7) is 6.05. The van der Waals surface area contributed by atoms with E-state index in [1.165, 1.54) is 12.1 Å². The van der Waals surface area contributed by atoms with Gasteiger partial charge < -0.3 is 14.5 Å². The lowest BCUT2D eigenvalue weighted by Crippen LogP contribution is -2.13. The van der Waals surface area contributed by atoms with Crippen molar-refractivity contribution in [1.29, 1.82) is 0 Å². The number of halogens is 2. The molecule has 0 spiro atoms. The van der Waals surface area contributed by atoms with Crippen molar-refractivity contribution < 1.29 is 13.5 Å². The Kier molecular flexibility index (Phi) is 5.82. The average Bonchev–Trinajstić information content (AvgIpc) is 2.80. The molecule has 3 nitrogen and oxygen atoms in total. The third kappa shape index (κ3) is 4.58. The van der Waals surface area contributed by atoms with Gasteiger partial charge in [-0.3, -0.25) is 0 Å². The second kappa shape index (κ2) is 7.61. The van der Waals surface area contributed by atoms with E-state index in [2.05, 4.69) is 28.2 Å². The van der Waals surface area contributed by atoms with Gasteiger partial charge in [-0.2, -0.15) is 0 Å². The van der Waals surface area contributed by atoms with Crippen LogP contribution in [0.2, 0.25) is 0 Å². The van der Waals surface area contributed by atoms with Crippen LogP contribution >= 0.6 is 15.9 Å². The highest BCUT2D eigenvalue weighted by molar-refractivity contribution is 9.10. The molecule has 0 saturated carbocycles. The van der Waals surface area contributed by atoms with Gasteiger partial charge in [0.25, 0.3) is 0 Å². The number of aryl methyl sites for hydroxylation is 1. The summed E-state index contributed by atoms with van der Waals surface area (Å²) in [4.78, 5) is 0. The fourth-order valence-corrected chi connectivity index (χ4v) is 2.31. The van der Waals surface area contributed by atoms with Gasteiger partial charge in [0.05, 0.1) is 11.0 Å². The van der Waals surface area contributed by atoms with Crippen LogP contribution in [0.4, 0.5) is 4.39 Å². The van der Waals surface area contributed by atoms with E-state index in [-0.39, 0.29) is 5.82 Å². The monoisotopic (exact) mass is 355 g/mol. The third-order valence-corrected chi connectivity index (χ3v) is 3.73. The SMILES string of the molecule is CCCNCc1cc(COc2cc(F)ccc2Br)c(C)o1. The van der Waals surface area contributed by atoms with Crippen LogP contribution in [0.25, 0.3) is 0 Å². The molecule has 0 amide bonds. The molecule has 0 saturated heterocycles. The Hall–Kier alpha value is -1.33. The van der Waals surface area contributed by atoms with Crippen molar-refractivity contribution in [2.24, 2.45) is 0 Å². The molecule has 1 aromatic carbocycles. The van der Waals surface area contributed by atoms with Crippen LogP contribution in [0.5, 0.6) is 5.75 Å². The van der Waals surface area contributed by atoms with E-state index in [1.54, 1.807) is 6.07 Å². The summed E-state index contributed by atoms with van der Waals surface area (Å²) in [5.74, 6) is 1.89. The van der Waals surface area contributed by atoms with Crippen LogP contribution < -0.4 is 10.1 Å². The molecular weight excluding hydrogens is 337 g/mol. The summed E-state index contributed by atoms with van der Waals surface area (Å²) >= 11 is 3.34. The van der Waals surface area contributed by atoms with Crippen LogP contribution in [0.15, 0.2) is 33.2 Å². The Morgan fingerprint density at radius 2 is 2.14 bits per heavy atom. The lowest BCUT2D eigenvalue weighted by atomic mass is 10.2. The van der Waals surface area contributed by atoms with Gasteiger partial charge in [-0.1, -0.05) is 6.92 Å². The first kappa shape index (κ1) is 16.0. The highest BCUT2D eigenvalue weighted by Gasteiger charge is 2.09. The molecule has 114 valence electrons. The second-order valence-corrected chi connectivity index (χ2v) is 5.69. The zero-order valence-electron chi connectivity index (χ0n) is 12.2. The summed E-state index contributed by atoms with van der Waals surface area (Å²) in [5, 5.41) is 3.29. The van der Waals surface area contributed by atoms with Gasteiger partial charge in [0.15, 0.2) is 0 Å². The minimum atomic E-state index is -0.318. The lowest BCUT2D eigenvalue weighted by molar-refractivity contribution is 0.299. The molecule has 2 rings (SSSR count). The zero-order chi connectivity index (χ0) is 15.2. The number of nitrogens with one attached hydrogen (secondary N) is 1. The van der Waals surface area contributed by atoms with Crippen molar-refractivity contribution in [3.05, 3.63) is 51.6 Å². The molecule has 0 unspecified atom stereocenters. The Balaban J connectivity index is 1.98. The minimum Gasteiger partial charge on any atom is -0.487 e. The molecule has 0 bridgehead atoms. The van der Waals surface area contributed by atoms with Crippen LogP contribution in [-0.4, -0.2) is 6.54 Å². The van der Waals surface area contributed by atoms with Crippen LogP contribution in [0.3, 0.4) is 0 Å². The van der Waals surface area contributed by atoms with Crippen LogP contribution in [-0.2, 0) is 13.2 Å².